The molecule has 29 heavy (non-hydrogen) atoms. The molecule has 0 fully saturated rings. The smallest absolute Gasteiger partial charge is 0.261 e. The minimum atomic E-state index is -1.37. The molecule has 3 atom stereocenters. The van der Waals surface area contributed by atoms with Crippen molar-refractivity contribution < 1.29 is 13.9 Å². The average Bonchev–Trinajstić information content (AvgIpc) is 2.68. The first-order valence-corrected chi connectivity index (χ1v) is 10.4. The molecule has 0 aliphatic carbocycles. The molecule has 154 valence electrons. The fraction of sp³-hybridized carbons (Fsp3) is 0.391. The van der Waals surface area contributed by atoms with Gasteiger partial charge >= 0.3 is 0 Å². The summed E-state index contributed by atoms with van der Waals surface area (Å²) in [4.78, 5) is 12.7. The largest absolute Gasteiger partial charge is 0.481 e. The van der Waals surface area contributed by atoms with Crippen LogP contribution in [0.25, 0.3) is 0 Å². The van der Waals surface area contributed by atoms with Gasteiger partial charge in [0.25, 0.3) is 5.91 Å². The highest BCUT2D eigenvalue weighted by atomic mass is 31.0. The van der Waals surface area contributed by atoms with Gasteiger partial charge in [-0.3, -0.25) is 4.79 Å². The quantitative estimate of drug-likeness (QED) is 0.596. The predicted molar refractivity (Wildman–Crippen MR) is 116 cm³/mol. The van der Waals surface area contributed by atoms with Crippen molar-refractivity contribution in [3.05, 3.63) is 64.7 Å². The summed E-state index contributed by atoms with van der Waals surface area (Å²) < 4.78 is 19.7. The molecule has 2 aromatic rings. The number of carbonyl (C=O) groups is 1. The van der Waals surface area contributed by atoms with Gasteiger partial charge in [0.15, 0.2) is 6.10 Å². The third-order valence-electron chi connectivity index (χ3n) is 4.53. The molecule has 3 unspecified atom stereocenters. The summed E-state index contributed by atoms with van der Waals surface area (Å²) in [6.45, 7) is 6.58. The molecule has 1 amide bonds. The van der Waals surface area contributed by atoms with Crippen molar-refractivity contribution in [2.45, 2.75) is 45.6 Å². The second kappa shape index (κ2) is 10.9. The molecule has 1 N–H and O–H groups in total. The lowest BCUT2D eigenvalue weighted by atomic mass is 10.0. The van der Waals surface area contributed by atoms with Crippen molar-refractivity contribution >= 4 is 15.1 Å². The van der Waals surface area contributed by atoms with E-state index in [1.165, 1.54) is 17.7 Å². The molecular weight excluding hydrogens is 386 g/mol. The van der Waals surface area contributed by atoms with Gasteiger partial charge in [0.05, 0.1) is 11.6 Å². The number of amides is 1. The Balaban J connectivity index is 2.04. The SMILES string of the molecule is Cc1ccc(CCNC(=O)C(CC(C)C)Oc2ccc(C#N)c(C(F)P)c2)cc1. The lowest BCUT2D eigenvalue weighted by Gasteiger charge is -2.21. The van der Waals surface area contributed by atoms with E-state index in [9.17, 15) is 9.18 Å². The summed E-state index contributed by atoms with van der Waals surface area (Å²) in [6.07, 6.45) is 0.584. The first-order chi connectivity index (χ1) is 13.8. The Labute approximate surface area is 174 Å². The number of rotatable bonds is 9. The number of nitrogens with zero attached hydrogens (tertiary/aromatic N) is 1. The molecule has 6 heteroatoms. The molecule has 0 saturated carbocycles. The summed E-state index contributed by atoms with van der Waals surface area (Å²) in [7, 11) is 2.03. The topological polar surface area (TPSA) is 62.1 Å². The Morgan fingerprint density at radius 1 is 1.24 bits per heavy atom. The number of halogens is 1. The van der Waals surface area contributed by atoms with E-state index in [-0.39, 0.29) is 23.0 Å². The van der Waals surface area contributed by atoms with Gasteiger partial charge in [-0.2, -0.15) is 5.26 Å². The minimum absolute atomic E-state index is 0.195. The number of nitrogens with one attached hydrogen (secondary N) is 1. The summed E-state index contributed by atoms with van der Waals surface area (Å²) in [5, 5.41) is 12.1. The Bertz CT molecular complexity index is 860. The maximum Gasteiger partial charge on any atom is 0.261 e. The van der Waals surface area contributed by atoms with Gasteiger partial charge in [-0.1, -0.05) is 52.9 Å². The zero-order chi connectivity index (χ0) is 21.4. The van der Waals surface area contributed by atoms with E-state index < -0.39 is 12.0 Å². The third-order valence-corrected chi connectivity index (χ3v) is 4.89. The molecule has 0 spiro atoms. The average molecular weight is 414 g/mol. The van der Waals surface area contributed by atoms with Crippen LogP contribution >= 0.6 is 9.24 Å². The highest BCUT2D eigenvalue weighted by molar-refractivity contribution is 7.16. The maximum absolute atomic E-state index is 13.8. The van der Waals surface area contributed by atoms with Crippen LogP contribution in [0.1, 0.15) is 48.4 Å². The molecule has 0 saturated heterocycles. The van der Waals surface area contributed by atoms with E-state index >= 15 is 0 Å². The van der Waals surface area contributed by atoms with E-state index in [2.05, 4.69) is 29.6 Å². The van der Waals surface area contributed by atoms with E-state index in [0.717, 1.165) is 12.0 Å². The molecule has 0 aliphatic rings. The van der Waals surface area contributed by atoms with Gasteiger partial charge in [0, 0.05) is 12.1 Å². The van der Waals surface area contributed by atoms with Gasteiger partial charge < -0.3 is 10.1 Å². The summed E-state index contributed by atoms with van der Waals surface area (Å²) in [6, 6.07) is 14.8. The molecule has 0 aromatic heterocycles. The number of nitriles is 1. The number of benzene rings is 2. The molecule has 2 rings (SSSR count). The van der Waals surface area contributed by atoms with Crippen LogP contribution in [-0.2, 0) is 11.2 Å². The Morgan fingerprint density at radius 3 is 2.52 bits per heavy atom. The van der Waals surface area contributed by atoms with Crippen LogP contribution in [0.5, 0.6) is 5.75 Å². The van der Waals surface area contributed by atoms with Crippen LogP contribution in [-0.4, -0.2) is 18.6 Å². The fourth-order valence-corrected chi connectivity index (χ4v) is 3.22. The molecule has 0 radical (unpaired) electrons. The highest BCUT2D eigenvalue weighted by Gasteiger charge is 2.22. The van der Waals surface area contributed by atoms with Crippen LogP contribution in [0.4, 0.5) is 4.39 Å². The first kappa shape index (κ1) is 22.8. The van der Waals surface area contributed by atoms with Crippen molar-refractivity contribution in [2.24, 2.45) is 5.92 Å². The van der Waals surface area contributed by atoms with Crippen LogP contribution in [0, 0.1) is 24.2 Å². The molecule has 0 bridgehead atoms. The second-order valence-electron chi connectivity index (χ2n) is 7.53. The van der Waals surface area contributed by atoms with Gasteiger partial charge in [0.2, 0.25) is 0 Å². The predicted octanol–water partition coefficient (Wildman–Crippen LogP) is 4.86. The van der Waals surface area contributed by atoms with Crippen LogP contribution < -0.4 is 10.1 Å². The molecule has 0 aliphatic heterocycles. The van der Waals surface area contributed by atoms with Crippen molar-refractivity contribution in [1.29, 1.82) is 5.26 Å². The van der Waals surface area contributed by atoms with Crippen molar-refractivity contribution in [3.8, 4) is 11.8 Å². The van der Waals surface area contributed by atoms with E-state index in [4.69, 9.17) is 10.00 Å². The fourth-order valence-electron chi connectivity index (χ4n) is 2.94. The van der Waals surface area contributed by atoms with E-state index in [0.29, 0.717) is 18.7 Å². The lowest BCUT2D eigenvalue weighted by Crippen LogP contribution is -2.40. The van der Waals surface area contributed by atoms with Gasteiger partial charge in [-0.15, -0.1) is 0 Å². The third kappa shape index (κ3) is 7.15. The standard InChI is InChI=1S/C23H28FN2O2P/c1-15(2)12-21(23(27)26-11-10-17-6-4-16(3)5-7-17)28-19-9-8-18(14-25)20(13-19)22(24)29/h4-9,13,15,21-22H,10-12,29H2,1-3H3,(H,26,27). The van der Waals surface area contributed by atoms with Crippen LogP contribution in [0.3, 0.4) is 0 Å². The zero-order valence-corrected chi connectivity index (χ0v) is 18.3. The van der Waals surface area contributed by atoms with E-state index in [1.807, 2.05) is 36.1 Å². The van der Waals surface area contributed by atoms with Gasteiger partial charge in [0.1, 0.15) is 11.7 Å². The first-order valence-electron chi connectivity index (χ1n) is 9.73. The van der Waals surface area contributed by atoms with Crippen molar-refractivity contribution in [3.63, 3.8) is 0 Å². The summed E-state index contributed by atoms with van der Waals surface area (Å²) in [5.74, 6) is -0.945. The van der Waals surface area contributed by atoms with Gasteiger partial charge in [-0.05, 0) is 49.4 Å². The molecule has 4 nitrogen and oxygen atoms in total. The van der Waals surface area contributed by atoms with Crippen molar-refractivity contribution in [1.82, 2.24) is 5.32 Å². The highest BCUT2D eigenvalue weighted by Crippen LogP contribution is 2.31. The van der Waals surface area contributed by atoms with Crippen LogP contribution in [0.15, 0.2) is 42.5 Å². The number of ether oxygens (including phenoxy) is 1. The minimum Gasteiger partial charge on any atom is -0.481 e. The second-order valence-corrected chi connectivity index (χ2v) is 8.11. The number of carbonyl (C=O) groups excluding carboxylic acids is 1. The molecule has 0 heterocycles. The Morgan fingerprint density at radius 2 is 1.93 bits per heavy atom. The Hall–Kier alpha value is -2.44. The summed E-state index contributed by atoms with van der Waals surface area (Å²) >= 11 is 0. The Kier molecular flexibility index (Phi) is 8.61. The normalized spacial score (nSPS) is 12.9. The maximum atomic E-state index is 13.8. The van der Waals surface area contributed by atoms with Crippen molar-refractivity contribution in [2.75, 3.05) is 6.54 Å². The number of alkyl halides is 1. The summed E-state index contributed by atoms with van der Waals surface area (Å²) in [5.41, 5.74) is 2.84. The van der Waals surface area contributed by atoms with Crippen LogP contribution in [0.2, 0.25) is 0 Å². The molecule has 2 aromatic carbocycles. The zero-order valence-electron chi connectivity index (χ0n) is 17.1. The number of aryl methyl sites for hydroxylation is 1. The monoisotopic (exact) mass is 414 g/mol. The number of hydrogen-bond donors (Lipinski definition) is 1. The van der Waals surface area contributed by atoms with E-state index in [1.54, 1.807) is 6.07 Å². The lowest BCUT2D eigenvalue weighted by molar-refractivity contribution is -0.128. The molecular formula is C23H28FN2O2P. The van der Waals surface area contributed by atoms with Gasteiger partial charge in [-0.25, -0.2) is 4.39 Å². The number of hydrogen-bond acceptors (Lipinski definition) is 3.